The van der Waals surface area contributed by atoms with E-state index in [1.165, 1.54) is 11.1 Å². The van der Waals surface area contributed by atoms with E-state index in [0.717, 1.165) is 0 Å². The van der Waals surface area contributed by atoms with Gasteiger partial charge >= 0.3 is 0 Å². The Morgan fingerprint density at radius 1 is 1.42 bits per heavy atom. The van der Waals surface area contributed by atoms with Gasteiger partial charge in [-0.25, -0.2) is 4.98 Å². The van der Waals surface area contributed by atoms with E-state index < -0.39 is 0 Å². The van der Waals surface area contributed by atoms with E-state index >= 15 is 0 Å². The number of amides is 2. The van der Waals surface area contributed by atoms with Gasteiger partial charge in [-0.05, 0) is 6.07 Å². The van der Waals surface area contributed by atoms with E-state index in [1.807, 2.05) is 11.0 Å². The number of aromatic nitrogens is 1. The molecule has 0 radical (unpaired) electrons. The lowest BCUT2D eigenvalue weighted by atomic mass is 10.1. The molecule has 3 rings (SSSR count). The average Bonchev–Trinajstić information content (AvgIpc) is 2.88. The maximum absolute atomic E-state index is 12.2. The van der Waals surface area contributed by atoms with Gasteiger partial charge in [-0.2, -0.15) is 5.26 Å². The fourth-order valence-corrected chi connectivity index (χ4v) is 3.45. The third-order valence-electron chi connectivity index (χ3n) is 4.50. The van der Waals surface area contributed by atoms with Gasteiger partial charge in [-0.3, -0.25) is 9.59 Å². The molecule has 2 fully saturated rings. The van der Waals surface area contributed by atoms with E-state index in [2.05, 4.69) is 4.98 Å². The van der Waals surface area contributed by atoms with E-state index in [9.17, 15) is 9.59 Å². The quantitative estimate of drug-likeness (QED) is 0.805. The number of pyridine rings is 1. The minimum Gasteiger partial charge on any atom is -0.351 e. The lowest BCUT2D eigenvalue weighted by molar-refractivity contribution is -0.133. The first kappa shape index (κ1) is 16.5. The van der Waals surface area contributed by atoms with E-state index in [-0.39, 0.29) is 30.2 Å². The highest BCUT2D eigenvalue weighted by Gasteiger charge is 2.43. The van der Waals surface area contributed by atoms with Gasteiger partial charge in [-0.1, -0.05) is 11.6 Å². The van der Waals surface area contributed by atoms with E-state index in [1.54, 1.807) is 25.1 Å². The van der Waals surface area contributed by atoms with E-state index in [4.69, 9.17) is 16.9 Å². The molecule has 2 amide bonds. The Kier molecular flexibility index (Phi) is 4.33. The molecule has 0 N–H and O–H groups in total. The number of hydrogen-bond donors (Lipinski definition) is 0. The molecule has 1 unspecified atom stereocenters. The first-order chi connectivity index (χ1) is 11.4. The highest BCUT2D eigenvalue weighted by atomic mass is 35.5. The zero-order chi connectivity index (χ0) is 17.4. The highest BCUT2D eigenvalue weighted by Crippen LogP contribution is 2.31. The summed E-state index contributed by atoms with van der Waals surface area (Å²) in [5, 5.41) is 9.28. The Morgan fingerprint density at radius 3 is 2.71 bits per heavy atom. The molecule has 1 aromatic rings. The van der Waals surface area contributed by atoms with E-state index in [0.29, 0.717) is 36.0 Å². The lowest BCUT2D eigenvalue weighted by Gasteiger charge is -2.45. The molecule has 2 saturated heterocycles. The fraction of sp³-hybridized carbons (Fsp3) is 0.500. The molecule has 8 heteroatoms. The Labute approximate surface area is 145 Å². The maximum atomic E-state index is 12.2. The summed E-state index contributed by atoms with van der Waals surface area (Å²) in [6.07, 6.45) is 1.77. The molecule has 0 bridgehead atoms. The van der Waals surface area contributed by atoms with Gasteiger partial charge in [0.2, 0.25) is 11.8 Å². The van der Waals surface area contributed by atoms with Crippen molar-refractivity contribution < 1.29 is 9.59 Å². The Balaban J connectivity index is 1.62. The van der Waals surface area contributed by atoms with Crippen LogP contribution in [0.4, 0.5) is 5.82 Å². The Morgan fingerprint density at radius 2 is 2.12 bits per heavy atom. The molecule has 1 aromatic heterocycles. The number of halogens is 1. The summed E-state index contributed by atoms with van der Waals surface area (Å²) in [6.45, 7) is 1.74. The van der Waals surface area contributed by atoms with Crippen molar-refractivity contribution >= 4 is 29.2 Å². The summed E-state index contributed by atoms with van der Waals surface area (Å²) in [5.74, 6) is 0.398. The van der Waals surface area contributed by atoms with Gasteiger partial charge in [0, 0.05) is 46.3 Å². The van der Waals surface area contributed by atoms with Crippen molar-refractivity contribution in [2.45, 2.75) is 12.5 Å². The van der Waals surface area contributed by atoms with Crippen LogP contribution < -0.4 is 4.90 Å². The molecule has 1 atom stereocenters. The van der Waals surface area contributed by atoms with Gasteiger partial charge in [0.15, 0.2) is 0 Å². The summed E-state index contributed by atoms with van der Waals surface area (Å²) >= 11 is 6.17. The topological polar surface area (TPSA) is 80.5 Å². The van der Waals surface area contributed by atoms with Crippen molar-refractivity contribution in [1.82, 2.24) is 14.8 Å². The van der Waals surface area contributed by atoms with Gasteiger partial charge in [0.1, 0.15) is 11.9 Å². The summed E-state index contributed by atoms with van der Waals surface area (Å²) in [4.78, 5) is 33.8. The normalized spacial score (nSPS) is 20.8. The summed E-state index contributed by atoms with van der Waals surface area (Å²) in [5.41, 5.74) is 0.417. The van der Waals surface area contributed by atoms with Crippen LogP contribution in [0, 0.1) is 17.2 Å². The standard InChI is InChI=1S/C16H18ClN5O2/c1-20(2)16(24)11-4-14(23)22(7-11)12-8-21(9-12)15-13(17)3-10(5-18)6-19-15/h3,6,11-12H,4,7-9H2,1-2H3. The van der Waals surface area contributed by atoms with Crippen LogP contribution in [0.5, 0.6) is 0 Å². The third kappa shape index (κ3) is 2.89. The van der Waals surface area contributed by atoms with Gasteiger partial charge in [0.05, 0.1) is 22.5 Å². The molecule has 3 heterocycles. The summed E-state index contributed by atoms with van der Waals surface area (Å²) in [6, 6.07) is 3.66. The van der Waals surface area contributed by atoms with Crippen LogP contribution in [0.15, 0.2) is 12.3 Å². The Bertz CT molecular complexity index is 724. The molecular formula is C16H18ClN5O2. The maximum Gasteiger partial charge on any atom is 0.227 e. The first-order valence-corrected chi connectivity index (χ1v) is 8.09. The van der Waals surface area contributed by atoms with Crippen LogP contribution >= 0.6 is 11.6 Å². The second-order valence-corrected chi connectivity index (χ2v) is 6.79. The highest BCUT2D eigenvalue weighted by molar-refractivity contribution is 6.33. The predicted octanol–water partition coefficient (Wildman–Crippen LogP) is 0.732. The molecule has 0 spiro atoms. The van der Waals surface area contributed by atoms with Crippen molar-refractivity contribution in [3.63, 3.8) is 0 Å². The van der Waals surface area contributed by atoms with Gasteiger partial charge in [0.25, 0.3) is 0 Å². The smallest absolute Gasteiger partial charge is 0.227 e. The number of anilines is 1. The fourth-order valence-electron chi connectivity index (χ4n) is 3.17. The van der Waals surface area contributed by atoms with Crippen LogP contribution in [0.1, 0.15) is 12.0 Å². The van der Waals surface area contributed by atoms with Crippen LogP contribution in [0.25, 0.3) is 0 Å². The molecular weight excluding hydrogens is 330 g/mol. The molecule has 2 aliphatic heterocycles. The monoisotopic (exact) mass is 347 g/mol. The van der Waals surface area contributed by atoms with Crippen molar-refractivity contribution in [1.29, 1.82) is 5.26 Å². The van der Waals surface area contributed by atoms with Gasteiger partial charge < -0.3 is 14.7 Å². The number of carbonyl (C=O) groups is 2. The number of likely N-dealkylation sites (tertiary alicyclic amines) is 1. The SMILES string of the molecule is CN(C)C(=O)C1CC(=O)N(C2CN(c3ncc(C#N)cc3Cl)C2)C1. The second-order valence-electron chi connectivity index (χ2n) is 6.38. The first-order valence-electron chi connectivity index (χ1n) is 7.72. The third-order valence-corrected chi connectivity index (χ3v) is 4.78. The summed E-state index contributed by atoms with van der Waals surface area (Å²) < 4.78 is 0. The van der Waals surface area contributed by atoms with Crippen molar-refractivity contribution in [3.8, 4) is 6.07 Å². The number of nitrogens with zero attached hydrogens (tertiary/aromatic N) is 5. The van der Waals surface area contributed by atoms with Gasteiger partial charge in [-0.15, -0.1) is 0 Å². The molecule has 2 aliphatic rings. The molecule has 0 saturated carbocycles. The molecule has 0 aromatic carbocycles. The van der Waals surface area contributed by atoms with Crippen molar-refractivity contribution in [3.05, 3.63) is 22.8 Å². The molecule has 24 heavy (non-hydrogen) atoms. The van der Waals surface area contributed by atoms with Crippen LogP contribution in [-0.4, -0.2) is 66.4 Å². The van der Waals surface area contributed by atoms with Crippen LogP contribution in [0.3, 0.4) is 0 Å². The molecule has 0 aliphatic carbocycles. The van der Waals surface area contributed by atoms with Crippen molar-refractivity contribution in [2.24, 2.45) is 5.92 Å². The molecule has 7 nitrogen and oxygen atoms in total. The number of carbonyl (C=O) groups excluding carboxylic acids is 2. The number of hydrogen-bond acceptors (Lipinski definition) is 5. The minimum absolute atomic E-state index is 0.00108. The average molecular weight is 348 g/mol. The Hall–Kier alpha value is -2.33. The van der Waals surface area contributed by atoms with Crippen LogP contribution in [-0.2, 0) is 9.59 Å². The zero-order valence-corrected chi connectivity index (χ0v) is 14.3. The number of nitriles is 1. The van der Waals surface area contributed by atoms with Crippen molar-refractivity contribution in [2.75, 3.05) is 38.6 Å². The predicted molar refractivity (Wildman–Crippen MR) is 88.5 cm³/mol. The minimum atomic E-state index is -0.252. The van der Waals surface area contributed by atoms with Crippen LogP contribution in [0.2, 0.25) is 5.02 Å². The summed E-state index contributed by atoms with van der Waals surface area (Å²) in [7, 11) is 3.41. The largest absolute Gasteiger partial charge is 0.351 e. The zero-order valence-electron chi connectivity index (χ0n) is 13.6. The number of rotatable bonds is 3. The second kappa shape index (κ2) is 6.29. The molecule has 126 valence electrons. The lowest BCUT2D eigenvalue weighted by Crippen LogP contribution is -2.60.